The van der Waals surface area contributed by atoms with Crippen molar-refractivity contribution in [1.29, 1.82) is 0 Å². The number of thioether (sulfide) groups is 1. The molecule has 7 heteroatoms. The van der Waals surface area contributed by atoms with Gasteiger partial charge in [-0.2, -0.15) is 0 Å². The zero-order valence-corrected chi connectivity index (χ0v) is 19.2. The van der Waals surface area contributed by atoms with E-state index in [0.29, 0.717) is 12.4 Å². The number of rotatable bonds is 6. The number of hydrogen-bond acceptors (Lipinski definition) is 5. The van der Waals surface area contributed by atoms with Crippen LogP contribution >= 0.6 is 34.7 Å². The Morgan fingerprint density at radius 2 is 1.84 bits per heavy atom. The van der Waals surface area contributed by atoms with Gasteiger partial charge in [0.15, 0.2) is 0 Å². The Kier molecular flexibility index (Phi) is 6.03. The Morgan fingerprint density at radius 1 is 1.06 bits per heavy atom. The van der Waals surface area contributed by atoms with Gasteiger partial charge < -0.3 is 9.72 Å². The van der Waals surface area contributed by atoms with Crippen LogP contribution in [0.25, 0.3) is 21.6 Å². The zero-order chi connectivity index (χ0) is 21.2. The molecule has 0 aliphatic heterocycles. The number of halogens is 1. The van der Waals surface area contributed by atoms with Gasteiger partial charge in [-0.25, -0.2) is 4.98 Å². The number of aryl methyl sites for hydroxylation is 2. The summed E-state index contributed by atoms with van der Waals surface area (Å²) >= 11 is 9.32. The van der Waals surface area contributed by atoms with E-state index < -0.39 is 0 Å². The average molecular weight is 469 g/mol. The summed E-state index contributed by atoms with van der Waals surface area (Å²) < 4.78 is 5.85. The minimum Gasteiger partial charge on any atom is -0.493 e. The number of fused-ring (bicyclic) bond motifs is 3. The third-order valence-electron chi connectivity index (χ3n) is 5.39. The first-order valence-corrected chi connectivity index (χ1v) is 12.5. The largest absolute Gasteiger partial charge is 0.493 e. The second-order valence-corrected chi connectivity index (χ2v) is 10.2. The van der Waals surface area contributed by atoms with Gasteiger partial charge in [-0.3, -0.25) is 4.79 Å². The van der Waals surface area contributed by atoms with E-state index in [9.17, 15) is 4.79 Å². The molecular weight excluding hydrogens is 448 g/mol. The quantitative estimate of drug-likeness (QED) is 0.264. The van der Waals surface area contributed by atoms with E-state index >= 15 is 0 Å². The summed E-state index contributed by atoms with van der Waals surface area (Å²) in [7, 11) is 0. The average Bonchev–Trinajstić information content (AvgIpc) is 3.17. The molecule has 1 N–H and O–H groups in total. The lowest BCUT2D eigenvalue weighted by molar-refractivity contribution is 0.344. The number of thiophene rings is 1. The minimum absolute atomic E-state index is 0.0287. The summed E-state index contributed by atoms with van der Waals surface area (Å²) in [4.78, 5) is 23.9. The topological polar surface area (TPSA) is 55.0 Å². The lowest BCUT2D eigenvalue weighted by Gasteiger charge is -2.09. The predicted molar refractivity (Wildman–Crippen MR) is 130 cm³/mol. The lowest BCUT2D eigenvalue weighted by atomic mass is 9.97. The van der Waals surface area contributed by atoms with Crippen molar-refractivity contribution in [3.05, 3.63) is 74.3 Å². The van der Waals surface area contributed by atoms with Crippen LogP contribution in [-0.2, 0) is 12.8 Å². The van der Waals surface area contributed by atoms with E-state index in [-0.39, 0.29) is 5.56 Å². The van der Waals surface area contributed by atoms with Gasteiger partial charge in [-0.15, -0.1) is 23.1 Å². The minimum atomic E-state index is -0.0287. The summed E-state index contributed by atoms with van der Waals surface area (Å²) in [5.41, 5.74) is 2.07. The van der Waals surface area contributed by atoms with Gasteiger partial charge in [0.2, 0.25) is 0 Å². The molecule has 31 heavy (non-hydrogen) atoms. The number of H-pyrrole nitrogens is 1. The van der Waals surface area contributed by atoms with Gasteiger partial charge in [0.1, 0.15) is 16.4 Å². The van der Waals surface area contributed by atoms with Crippen LogP contribution < -0.4 is 10.3 Å². The predicted octanol–water partition coefficient (Wildman–Crippen LogP) is 6.35. The molecule has 4 nitrogen and oxygen atoms in total. The molecule has 1 aliphatic carbocycles. The summed E-state index contributed by atoms with van der Waals surface area (Å²) in [5.74, 6) is 2.26. The Balaban J connectivity index is 1.26. The molecule has 0 fully saturated rings. The zero-order valence-electron chi connectivity index (χ0n) is 16.8. The van der Waals surface area contributed by atoms with E-state index in [1.54, 1.807) is 23.1 Å². The molecule has 0 radical (unpaired) electrons. The second-order valence-electron chi connectivity index (χ2n) is 7.48. The van der Waals surface area contributed by atoms with Crippen molar-refractivity contribution in [2.45, 2.75) is 30.6 Å². The number of benzene rings is 2. The van der Waals surface area contributed by atoms with Crippen LogP contribution in [-0.4, -0.2) is 22.3 Å². The molecule has 2 heterocycles. The van der Waals surface area contributed by atoms with Crippen LogP contribution in [0.1, 0.15) is 23.3 Å². The van der Waals surface area contributed by atoms with E-state index in [2.05, 4.69) is 4.98 Å². The Morgan fingerprint density at radius 3 is 2.65 bits per heavy atom. The van der Waals surface area contributed by atoms with Gasteiger partial charge in [-0.1, -0.05) is 11.6 Å². The molecule has 0 unspecified atom stereocenters. The van der Waals surface area contributed by atoms with Crippen LogP contribution in [0.4, 0.5) is 0 Å². The van der Waals surface area contributed by atoms with E-state index in [4.69, 9.17) is 21.3 Å². The second kappa shape index (κ2) is 9.07. The van der Waals surface area contributed by atoms with Gasteiger partial charge in [0.05, 0.1) is 12.0 Å². The number of hydrogen-bond donors (Lipinski definition) is 1. The molecular formula is C24H21ClN2O2S2. The fraction of sp³-hybridized carbons (Fsp3) is 0.250. The molecule has 5 rings (SSSR count). The molecule has 158 valence electrons. The highest BCUT2D eigenvalue weighted by molar-refractivity contribution is 7.99. The van der Waals surface area contributed by atoms with Crippen LogP contribution in [0.2, 0.25) is 5.02 Å². The van der Waals surface area contributed by atoms with Gasteiger partial charge in [0, 0.05) is 26.1 Å². The Labute approximate surface area is 193 Å². The highest BCUT2D eigenvalue weighted by Gasteiger charge is 2.20. The van der Waals surface area contributed by atoms with Crippen molar-refractivity contribution in [3.8, 4) is 17.1 Å². The monoisotopic (exact) mass is 468 g/mol. The maximum atomic E-state index is 12.8. The van der Waals surface area contributed by atoms with Crippen LogP contribution in [0.5, 0.6) is 5.75 Å². The summed E-state index contributed by atoms with van der Waals surface area (Å²) in [6, 6.07) is 15.5. The van der Waals surface area contributed by atoms with E-state index in [1.807, 2.05) is 48.5 Å². The van der Waals surface area contributed by atoms with Crippen molar-refractivity contribution in [2.24, 2.45) is 0 Å². The van der Waals surface area contributed by atoms with Gasteiger partial charge in [-0.05, 0) is 79.8 Å². The van der Waals surface area contributed by atoms with Crippen LogP contribution in [0.15, 0.2) is 58.2 Å². The van der Waals surface area contributed by atoms with Gasteiger partial charge in [0.25, 0.3) is 5.56 Å². The van der Waals surface area contributed by atoms with Crippen molar-refractivity contribution < 1.29 is 4.74 Å². The van der Waals surface area contributed by atoms with Crippen molar-refractivity contribution in [3.63, 3.8) is 0 Å². The number of aromatic nitrogens is 2. The maximum Gasteiger partial charge on any atom is 0.260 e. The standard InChI is InChI=1S/C24H21ClN2O2S2/c25-16-7-11-18(12-8-16)30-14-13-29-17-9-5-15(6-10-17)22-26-23(28)21-19-3-1-2-4-20(19)31-24(21)27-22/h5-12H,1-4,13-14H2,(H,26,27,28). The van der Waals surface area contributed by atoms with E-state index in [1.165, 1.54) is 21.8 Å². The van der Waals surface area contributed by atoms with Crippen molar-refractivity contribution >= 4 is 44.9 Å². The molecule has 2 aromatic heterocycles. The summed E-state index contributed by atoms with van der Waals surface area (Å²) in [5, 5.41) is 1.54. The normalized spacial score (nSPS) is 13.3. The first kappa shape index (κ1) is 20.6. The van der Waals surface area contributed by atoms with Gasteiger partial charge >= 0.3 is 0 Å². The van der Waals surface area contributed by atoms with Crippen molar-refractivity contribution in [2.75, 3.05) is 12.4 Å². The number of nitrogens with one attached hydrogen (secondary N) is 1. The number of ether oxygens (including phenoxy) is 1. The lowest BCUT2D eigenvalue weighted by Crippen LogP contribution is -2.11. The van der Waals surface area contributed by atoms with Crippen LogP contribution in [0.3, 0.4) is 0 Å². The molecule has 1 aliphatic rings. The SMILES string of the molecule is O=c1[nH]c(-c2ccc(OCCSc3ccc(Cl)cc3)cc2)nc2sc3c(c12)CCCC3. The summed E-state index contributed by atoms with van der Waals surface area (Å²) in [6.45, 7) is 0.606. The molecule has 4 aromatic rings. The fourth-order valence-corrected chi connectivity index (χ4v) is 5.98. The smallest absolute Gasteiger partial charge is 0.260 e. The molecule has 0 amide bonds. The Hall–Kier alpha value is -2.28. The fourth-order valence-electron chi connectivity index (χ4n) is 3.86. The molecule has 0 spiro atoms. The first-order valence-electron chi connectivity index (χ1n) is 10.3. The number of nitrogens with zero attached hydrogens (tertiary/aromatic N) is 1. The first-order chi connectivity index (χ1) is 15.2. The summed E-state index contributed by atoms with van der Waals surface area (Å²) in [6.07, 6.45) is 4.40. The number of aromatic amines is 1. The highest BCUT2D eigenvalue weighted by atomic mass is 35.5. The third kappa shape index (κ3) is 4.52. The van der Waals surface area contributed by atoms with Crippen molar-refractivity contribution in [1.82, 2.24) is 9.97 Å². The molecule has 0 bridgehead atoms. The molecule has 0 saturated carbocycles. The third-order valence-corrected chi connectivity index (χ3v) is 7.80. The molecule has 0 saturated heterocycles. The highest BCUT2D eigenvalue weighted by Crippen LogP contribution is 2.34. The molecule has 2 aromatic carbocycles. The Bertz CT molecular complexity index is 1260. The maximum absolute atomic E-state index is 12.8. The van der Waals surface area contributed by atoms with Crippen LogP contribution in [0, 0.1) is 0 Å². The molecule has 0 atom stereocenters. The van der Waals surface area contributed by atoms with E-state index in [0.717, 1.165) is 51.6 Å².